The first-order valence-corrected chi connectivity index (χ1v) is 6.21. The number of rotatable bonds is 3. The maximum absolute atomic E-state index is 12.0. The van der Waals surface area contributed by atoms with Crippen LogP contribution in [0.4, 0.5) is 11.4 Å². The zero-order chi connectivity index (χ0) is 14.9. The van der Waals surface area contributed by atoms with Crippen LogP contribution >= 0.6 is 0 Å². The monoisotopic (exact) mass is 277 g/mol. The summed E-state index contributed by atoms with van der Waals surface area (Å²) in [6.45, 7) is 3.85. The van der Waals surface area contributed by atoms with E-state index in [9.17, 15) is 19.7 Å². The molecule has 1 unspecified atom stereocenters. The maximum Gasteiger partial charge on any atom is 0.293 e. The van der Waals surface area contributed by atoms with Crippen molar-refractivity contribution in [1.82, 2.24) is 5.32 Å². The Kier molecular flexibility index (Phi) is 3.69. The Labute approximate surface area is 115 Å². The lowest BCUT2D eigenvalue weighted by Crippen LogP contribution is -2.25. The number of aryl methyl sites for hydroxylation is 2. The zero-order valence-corrected chi connectivity index (χ0v) is 11.2. The molecule has 7 heteroatoms. The lowest BCUT2D eigenvalue weighted by atomic mass is 10.1. The largest absolute Gasteiger partial charge is 0.355 e. The molecule has 0 aliphatic carbocycles. The summed E-state index contributed by atoms with van der Waals surface area (Å²) in [7, 11) is 0. The fourth-order valence-electron chi connectivity index (χ4n) is 2.08. The number of carbonyl (C=O) groups excluding carboxylic acids is 2. The quantitative estimate of drug-likeness (QED) is 0.642. The van der Waals surface area contributed by atoms with Gasteiger partial charge in [0.2, 0.25) is 11.8 Å². The van der Waals surface area contributed by atoms with E-state index >= 15 is 0 Å². The second-order valence-electron chi connectivity index (χ2n) is 4.91. The third-order valence-electron chi connectivity index (χ3n) is 3.41. The van der Waals surface area contributed by atoms with Crippen molar-refractivity contribution < 1.29 is 14.5 Å². The van der Waals surface area contributed by atoms with E-state index in [4.69, 9.17) is 0 Å². The molecule has 1 fully saturated rings. The minimum absolute atomic E-state index is 0.116. The summed E-state index contributed by atoms with van der Waals surface area (Å²) in [5.74, 6) is -1.04. The number of carbonyl (C=O) groups is 2. The van der Waals surface area contributed by atoms with E-state index in [2.05, 4.69) is 10.6 Å². The van der Waals surface area contributed by atoms with Crippen molar-refractivity contribution in [3.63, 3.8) is 0 Å². The van der Waals surface area contributed by atoms with Crippen LogP contribution in [0.5, 0.6) is 0 Å². The molecule has 0 bridgehead atoms. The Hall–Kier alpha value is -2.44. The van der Waals surface area contributed by atoms with E-state index in [-0.39, 0.29) is 36.2 Å². The molecule has 1 heterocycles. The summed E-state index contributed by atoms with van der Waals surface area (Å²) in [4.78, 5) is 33.6. The third-order valence-corrected chi connectivity index (χ3v) is 3.41. The van der Waals surface area contributed by atoms with Gasteiger partial charge in [0, 0.05) is 19.0 Å². The van der Waals surface area contributed by atoms with Crippen LogP contribution in [0.1, 0.15) is 17.5 Å². The Morgan fingerprint density at radius 2 is 2.05 bits per heavy atom. The van der Waals surface area contributed by atoms with Gasteiger partial charge in [-0.25, -0.2) is 0 Å². The molecule has 1 aromatic carbocycles. The van der Waals surface area contributed by atoms with E-state index in [0.717, 1.165) is 11.1 Å². The van der Waals surface area contributed by atoms with Crippen molar-refractivity contribution in [2.24, 2.45) is 5.92 Å². The molecule has 0 saturated carbocycles. The number of amides is 2. The first-order chi connectivity index (χ1) is 9.38. The molecule has 2 N–H and O–H groups in total. The van der Waals surface area contributed by atoms with Gasteiger partial charge in [-0.2, -0.15) is 0 Å². The highest BCUT2D eigenvalue weighted by Gasteiger charge is 2.29. The van der Waals surface area contributed by atoms with Crippen molar-refractivity contribution in [3.8, 4) is 0 Å². The van der Waals surface area contributed by atoms with Gasteiger partial charge in [-0.3, -0.25) is 19.7 Å². The van der Waals surface area contributed by atoms with Gasteiger partial charge in [0.15, 0.2) is 0 Å². The topological polar surface area (TPSA) is 101 Å². The van der Waals surface area contributed by atoms with Crippen LogP contribution in [0.3, 0.4) is 0 Å². The zero-order valence-electron chi connectivity index (χ0n) is 11.2. The van der Waals surface area contributed by atoms with E-state index in [1.165, 1.54) is 6.07 Å². The molecular weight excluding hydrogens is 262 g/mol. The molecule has 1 atom stereocenters. The molecule has 20 heavy (non-hydrogen) atoms. The minimum atomic E-state index is -0.528. The number of benzene rings is 1. The van der Waals surface area contributed by atoms with Crippen LogP contribution in [0.15, 0.2) is 12.1 Å². The average Bonchev–Trinajstić information content (AvgIpc) is 2.80. The number of nitro groups is 1. The van der Waals surface area contributed by atoms with Crippen molar-refractivity contribution in [2.45, 2.75) is 20.3 Å². The summed E-state index contributed by atoms with van der Waals surface area (Å²) >= 11 is 0. The van der Waals surface area contributed by atoms with Crippen molar-refractivity contribution >= 4 is 23.2 Å². The highest BCUT2D eigenvalue weighted by atomic mass is 16.6. The first-order valence-electron chi connectivity index (χ1n) is 6.21. The highest BCUT2D eigenvalue weighted by molar-refractivity contribution is 5.98. The Morgan fingerprint density at radius 3 is 2.60 bits per heavy atom. The number of hydrogen-bond donors (Lipinski definition) is 2. The van der Waals surface area contributed by atoms with Gasteiger partial charge in [-0.1, -0.05) is 0 Å². The number of nitrogens with one attached hydrogen (secondary N) is 2. The lowest BCUT2D eigenvalue weighted by molar-refractivity contribution is -0.384. The van der Waals surface area contributed by atoms with Crippen LogP contribution < -0.4 is 10.6 Å². The normalized spacial score (nSPS) is 17.7. The summed E-state index contributed by atoms with van der Waals surface area (Å²) in [6, 6.07) is 3.01. The molecule has 1 saturated heterocycles. The molecule has 7 nitrogen and oxygen atoms in total. The van der Waals surface area contributed by atoms with E-state index in [0.29, 0.717) is 0 Å². The molecule has 2 rings (SSSR count). The van der Waals surface area contributed by atoms with Gasteiger partial charge in [-0.05, 0) is 31.0 Å². The molecule has 1 aliphatic heterocycles. The number of nitrogens with zero attached hydrogens (tertiary/aromatic N) is 1. The maximum atomic E-state index is 12.0. The van der Waals surface area contributed by atoms with Crippen LogP contribution in [0.2, 0.25) is 0 Å². The predicted octanol–water partition coefficient (Wildman–Crippen LogP) is 1.29. The predicted molar refractivity (Wildman–Crippen MR) is 72.3 cm³/mol. The van der Waals surface area contributed by atoms with Gasteiger partial charge >= 0.3 is 0 Å². The van der Waals surface area contributed by atoms with Crippen LogP contribution in [-0.2, 0) is 9.59 Å². The summed E-state index contributed by atoms with van der Waals surface area (Å²) in [5.41, 5.74) is 1.67. The standard InChI is InChI=1S/C13H15N3O4/c1-7-3-10(11(16(19)20)4-8(7)2)15-13(18)9-5-12(17)14-6-9/h3-4,9H,5-6H2,1-2H3,(H,14,17)(H,15,18). The van der Waals surface area contributed by atoms with Crippen molar-refractivity contribution in [1.29, 1.82) is 0 Å². The number of nitro benzene ring substituents is 1. The first kappa shape index (κ1) is 14.0. The summed E-state index contributed by atoms with van der Waals surface area (Å²) < 4.78 is 0. The molecule has 1 aromatic rings. The van der Waals surface area contributed by atoms with Crippen molar-refractivity contribution in [3.05, 3.63) is 33.4 Å². The molecular formula is C13H15N3O4. The molecule has 2 amide bonds. The fraction of sp³-hybridized carbons (Fsp3) is 0.385. The Bertz CT molecular complexity index is 598. The summed E-state index contributed by atoms with van der Waals surface area (Å²) in [5, 5.41) is 16.1. The number of hydrogen-bond acceptors (Lipinski definition) is 4. The van der Waals surface area contributed by atoms with Crippen LogP contribution in [-0.4, -0.2) is 23.3 Å². The number of anilines is 1. The van der Waals surface area contributed by atoms with E-state index in [1.54, 1.807) is 13.0 Å². The van der Waals surface area contributed by atoms with Gasteiger partial charge < -0.3 is 10.6 Å². The molecule has 0 aromatic heterocycles. The summed E-state index contributed by atoms with van der Waals surface area (Å²) in [6.07, 6.45) is 0.116. The van der Waals surface area contributed by atoms with Gasteiger partial charge in [0.25, 0.3) is 5.69 Å². The SMILES string of the molecule is Cc1cc(NC(=O)C2CNC(=O)C2)c([N+](=O)[O-])cc1C. The third kappa shape index (κ3) is 2.76. The van der Waals surface area contributed by atoms with Crippen LogP contribution in [0, 0.1) is 29.9 Å². The lowest BCUT2D eigenvalue weighted by Gasteiger charge is -2.11. The van der Waals surface area contributed by atoms with E-state index < -0.39 is 10.8 Å². The molecule has 0 spiro atoms. The highest BCUT2D eigenvalue weighted by Crippen LogP contribution is 2.28. The van der Waals surface area contributed by atoms with Gasteiger partial charge in [0.1, 0.15) is 5.69 Å². The van der Waals surface area contributed by atoms with E-state index in [1.807, 2.05) is 6.92 Å². The Morgan fingerprint density at radius 1 is 1.40 bits per heavy atom. The fourth-order valence-corrected chi connectivity index (χ4v) is 2.08. The molecule has 0 radical (unpaired) electrons. The minimum Gasteiger partial charge on any atom is -0.355 e. The van der Waals surface area contributed by atoms with Crippen molar-refractivity contribution in [2.75, 3.05) is 11.9 Å². The van der Waals surface area contributed by atoms with Gasteiger partial charge in [0.05, 0.1) is 10.8 Å². The van der Waals surface area contributed by atoms with Gasteiger partial charge in [-0.15, -0.1) is 0 Å². The van der Waals surface area contributed by atoms with Crippen LogP contribution in [0.25, 0.3) is 0 Å². The Balaban J connectivity index is 2.24. The second-order valence-corrected chi connectivity index (χ2v) is 4.91. The second kappa shape index (κ2) is 5.28. The molecule has 106 valence electrons. The smallest absolute Gasteiger partial charge is 0.293 e. The molecule has 1 aliphatic rings. The average molecular weight is 277 g/mol.